The van der Waals surface area contributed by atoms with Gasteiger partial charge in [0.1, 0.15) is 0 Å². The third kappa shape index (κ3) is 6.96. The molecule has 3 atom stereocenters. The van der Waals surface area contributed by atoms with Crippen LogP contribution in [0.3, 0.4) is 0 Å². The van der Waals surface area contributed by atoms with Crippen LogP contribution in [0.25, 0.3) is 0 Å². The fraction of sp³-hybridized carbons (Fsp3) is 0.619. The first-order valence-electron chi connectivity index (χ1n) is 9.94. The lowest BCUT2D eigenvalue weighted by Gasteiger charge is -2.35. The van der Waals surface area contributed by atoms with E-state index in [0.717, 1.165) is 38.5 Å². The SMILES string of the molecule is CCC[C@@H]([C@@H](CCCc1ccccc1)C(=O)O)N(C=O)OC1CCCCO1. The number of nitrogens with zero attached hydrogens (tertiary/aromatic N) is 1. The van der Waals surface area contributed by atoms with Crippen LogP contribution in [0.4, 0.5) is 0 Å². The van der Waals surface area contributed by atoms with Gasteiger partial charge in [-0.3, -0.25) is 9.59 Å². The second-order valence-electron chi connectivity index (χ2n) is 7.05. The van der Waals surface area contributed by atoms with Gasteiger partial charge in [-0.1, -0.05) is 43.7 Å². The number of rotatable bonds is 12. The Kier molecular flexibility index (Phi) is 9.28. The maximum absolute atomic E-state index is 11.9. The molecule has 27 heavy (non-hydrogen) atoms. The zero-order valence-corrected chi connectivity index (χ0v) is 16.1. The van der Waals surface area contributed by atoms with Crippen molar-refractivity contribution in [3.05, 3.63) is 35.9 Å². The molecule has 1 heterocycles. The van der Waals surface area contributed by atoms with E-state index >= 15 is 0 Å². The molecule has 2 rings (SSSR count). The van der Waals surface area contributed by atoms with Crippen LogP contribution >= 0.6 is 0 Å². The summed E-state index contributed by atoms with van der Waals surface area (Å²) in [6, 6.07) is 9.52. The quantitative estimate of drug-likeness (QED) is 0.443. The molecule has 1 unspecified atom stereocenters. The van der Waals surface area contributed by atoms with Crippen LogP contribution < -0.4 is 0 Å². The van der Waals surface area contributed by atoms with Crippen molar-refractivity contribution < 1.29 is 24.3 Å². The number of hydrogen-bond acceptors (Lipinski definition) is 4. The van der Waals surface area contributed by atoms with Crippen molar-refractivity contribution in [2.24, 2.45) is 5.92 Å². The average molecular weight is 377 g/mol. The van der Waals surface area contributed by atoms with E-state index in [9.17, 15) is 14.7 Å². The number of ether oxygens (including phenoxy) is 1. The van der Waals surface area contributed by atoms with Crippen molar-refractivity contribution in [3.8, 4) is 0 Å². The molecule has 1 aliphatic rings. The van der Waals surface area contributed by atoms with Crippen molar-refractivity contribution in [3.63, 3.8) is 0 Å². The van der Waals surface area contributed by atoms with Crippen molar-refractivity contribution in [2.45, 2.75) is 70.6 Å². The van der Waals surface area contributed by atoms with Gasteiger partial charge in [-0.25, -0.2) is 9.90 Å². The van der Waals surface area contributed by atoms with Gasteiger partial charge in [0.15, 0.2) is 6.29 Å². The lowest BCUT2D eigenvalue weighted by Crippen LogP contribution is -2.45. The van der Waals surface area contributed by atoms with E-state index in [2.05, 4.69) is 0 Å². The van der Waals surface area contributed by atoms with Gasteiger partial charge in [-0.15, -0.1) is 0 Å². The number of aliphatic carboxylic acids is 1. The van der Waals surface area contributed by atoms with Crippen LogP contribution in [0.5, 0.6) is 0 Å². The largest absolute Gasteiger partial charge is 0.481 e. The van der Waals surface area contributed by atoms with Crippen LogP contribution in [0, 0.1) is 5.92 Å². The molecule has 6 nitrogen and oxygen atoms in total. The molecule has 0 radical (unpaired) electrons. The number of aryl methyl sites for hydroxylation is 1. The third-order valence-corrected chi connectivity index (χ3v) is 5.00. The molecule has 1 N–H and O–H groups in total. The summed E-state index contributed by atoms with van der Waals surface area (Å²) in [5.41, 5.74) is 1.19. The van der Waals surface area contributed by atoms with E-state index in [1.165, 1.54) is 10.6 Å². The van der Waals surface area contributed by atoms with Gasteiger partial charge in [0, 0.05) is 13.0 Å². The Balaban J connectivity index is 2.00. The highest BCUT2D eigenvalue weighted by molar-refractivity contribution is 5.71. The summed E-state index contributed by atoms with van der Waals surface area (Å²) in [5, 5.41) is 11.0. The highest BCUT2D eigenvalue weighted by atomic mass is 16.8. The molecule has 0 saturated carbocycles. The standard InChI is InChI=1S/C21H31NO5/c1-2-9-19(22(16-23)27-20-14-6-7-15-26-20)18(21(24)25)13-8-12-17-10-4-3-5-11-17/h3-5,10-11,16,18-20H,2,6-9,12-15H2,1H3,(H,24,25)/t18-,19+,20?/m1/s1. The molecule has 150 valence electrons. The number of benzene rings is 1. The summed E-state index contributed by atoms with van der Waals surface area (Å²) >= 11 is 0. The summed E-state index contributed by atoms with van der Waals surface area (Å²) in [6.07, 6.45) is 6.22. The highest BCUT2D eigenvalue weighted by Gasteiger charge is 2.34. The molecule has 6 heteroatoms. The fourth-order valence-electron chi connectivity index (χ4n) is 3.56. The van der Waals surface area contributed by atoms with Gasteiger partial charge < -0.3 is 9.84 Å². The summed E-state index contributed by atoms with van der Waals surface area (Å²) in [7, 11) is 0. The Bertz CT molecular complexity index is 559. The van der Waals surface area contributed by atoms with E-state index in [4.69, 9.17) is 9.57 Å². The van der Waals surface area contributed by atoms with E-state index in [-0.39, 0.29) is 0 Å². The topological polar surface area (TPSA) is 76.1 Å². The maximum Gasteiger partial charge on any atom is 0.308 e. The zero-order chi connectivity index (χ0) is 19.5. The highest BCUT2D eigenvalue weighted by Crippen LogP contribution is 2.25. The second-order valence-corrected chi connectivity index (χ2v) is 7.05. The minimum atomic E-state index is -0.887. The minimum absolute atomic E-state index is 0.470. The van der Waals surface area contributed by atoms with Gasteiger partial charge in [-0.2, -0.15) is 0 Å². The molecular weight excluding hydrogens is 346 g/mol. The van der Waals surface area contributed by atoms with E-state index in [1.807, 2.05) is 37.3 Å². The second kappa shape index (κ2) is 11.7. The average Bonchev–Trinajstić information content (AvgIpc) is 2.69. The van der Waals surface area contributed by atoms with Crippen molar-refractivity contribution in [1.82, 2.24) is 5.06 Å². The van der Waals surface area contributed by atoms with Gasteiger partial charge >= 0.3 is 5.97 Å². The van der Waals surface area contributed by atoms with Gasteiger partial charge in [0.25, 0.3) is 0 Å². The van der Waals surface area contributed by atoms with Crippen molar-refractivity contribution in [2.75, 3.05) is 6.61 Å². The van der Waals surface area contributed by atoms with E-state index < -0.39 is 24.2 Å². The summed E-state index contributed by atoms with van der Waals surface area (Å²) in [5.74, 6) is -1.55. The first kappa shape index (κ1) is 21.4. The van der Waals surface area contributed by atoms with E-state index in [0.29, 0.717) is 25.9 Å². The Morgan fingerprint density at radius 2 is 2.11 bits per heavy atom. The van der Waals surface area contributed by atoms with Crippen LogP contribution in [0.15, 0.2) is 30.3 Å². The monoisotopic (exact) mass is 377 g/mol. The first-order chi connectivity index (χ1) is 13.2. The predicted octanol–water partition coefficient (Wildman–Crippen LogP) is 3.80. The van der Waals surface area contributed by atoms with Gasteiger partial charge in [-0.05, 0) is 44.1 Å². The van der Waals surface area contributed by atoms with Crippen LogP contribution in [-0.2, 0) is 25.6 Å². The molecular formula is C21H31NO5. The molecule has 1 aliphatic heterocycles. The van der Waals surface area contributed by atoms with Crippen molar-refractivity contribution in [1.29, 1.82) is 0 Å². The molecule has 1 amide bonds. The number of amides is 1. The Hall–Kier alpha value is -1.92. The number of hydroxylamine groups is 2. The molecule has 1 fully saturated rings. The molecule has 0 aliphatic carbocycles. The molecule has 0 aromatic heterocycles. The molecule has 0 bridgehead atoms. The van der Waals surface area contributed by atoms with Crippen molar-refractivity contribution >= 4 is 12.4 Å². The Labute approximate surface area is 161 Å². The smallest absolute Gasteiger partial charge is 0.308 e. The minimum Gasteiger partial charge on any atom is -0.481 e. The fourth-order valence-corrected chi connectivity index (χ4v) is 3.56. The van der Waals surface area contributed by atoms with E-state index in [1.54, 1.807) is 0 Å². The molecule has 1 saturated heterocycles. The normalized spacial score (nSPS) is 19.2. The summed E-state index contributed by atoms with van der Waals surface area (Å²) in [4.78, 5) is 29.3. The third-order valence-electron chi connectivity index (χ3n) is 5.00. The lowest BCUT2D eigenvalue weighted by atomic mass is 9.90. The number of carbonyl (C=O) groups excluding carboxylic acids is 1. The van der Waals surface area contributed by atoms with Crippen LogP contribution in [0.1, 0.15) is 57.4 Å². The number of carboxylic acids is 1. The molecule has 1 aromatic carbocycles. The number of hydrogen-bond donors (Lipinski definition) is 1. The maximum atomic E-state index is 11.9. The number of carboxylic acid groups (broad SMARTS) is 1. The zero-order valence-electron chi connectivity index (χ0n) is 16.1. The van der Waals surface area contributed by atoms with Crippen LogP contribution in [0.2, 0.25) is 0 Å². The molecule has 1 aromatic rings. The molecule has 0 spiro atoms. The summed E-state index contributed by atoms with van der Waals surface area (Å²) in [6.45, 7) is 2.59. The Morgan fingerprint density at radius 1 is 1.33 bits per heavy atom. The first-order valence-corrected chi connectivity index (χ1v) is 9.94. The predicted molar refractivity (Wildman–Crippen MR) is 102 cm³/mol. The Morgan fingerprint density at radius 3 is 2.70 bits per heavy atom. The summed E-state index contributed by atoms with van der Waals surface area (Å²) < 4.78 is 5.55. The number of carbonyl (C=O) groups is 2. The van der Waals surface area contributed by atoms with Gasteiger partial charge in [0.05, 0.1) is 12.0 Å². The lowest BCUT2D eigenvalue weighted by molar-refractivity contribution is -0.290. The van der Waals surface area contributed by atoms with Crippen LogP contribution in [-0.4, -0.2) is 41.5 Å². The van der Waals surface area contributed by atoms with Gasteiger partial charge in [0.2, 0.25) is 6.41 Å².